The first-order valence-corrected chi connectivity index (χ1v) is 4.66. The molecule has 0 spiro atoms. The second-order valence-corrected chi connectivity index (χ2v) is 3.38. The van der Waals surface area contributed by atoms with Crippen LogP contribution in [0.1, 0.15) is 18.5 Å². The SMILES string of the molecule is CC(=O)N(C)C(CO)c1cccc(F)c1. The summed E-state index contributed by atoms with van der Waals surface area (Å²) < 4.78 is 12.9. The summed E-state index contributed by atoms with van der Waals surface area (Å²) in [5.41, 5.74) is 0.593. The molecule has 0 saturated heterocycles. The van der Waals surface area contributed by atoms with Gasteiger partial charge in [0.2, 0.25) is 5.91 Å². The molecule has 1 unspecified atom stereocenters. The van der Waals surface area contributed by atoms with Gasteiger partial charge in [-0.05, 0) is 17.7 Å². The molecular formula is C11H14FNO2. The molecule has 82 valence electrons. The van der Waals surface area contributed by atoms with Crippen molar-refractivity contribution in [1.29, 1.82) is 0 Å². The molecule has 0 aromatic heterocycles. The summed E-state index contributed by atoms with van der Waals surface area (Å²) in [5.74, 6) is -0.541. The van der Waals surface area contributed by atoms with E-state index in [2.05, 4.69) is 0 Å². The lowest BCUT2D eigenvalue weighted by molar-refractivity contribution is -0.130. The van der Waals surface area contributed by atoms with Crippen LogP contribution >= 0.6 is 0 Å². The number of carbonyl (C=O) groups is 1. The third kappa shape index (κ3) is 2.76. The van der Waals surface area contributed by atoms with Crippen LogP contribution in [-0.4, -0.2) is 29.6 Å². The first kappa shape index (κ1) is 11.7. The van der Waals surface area contributed by atoms with Crippen LogP contribution in [0, 0.1) is 5.82 Å². The average Bonchev–Trinajstić information content (AvgIpc) is 2.18. The number of aliphatic hydroxyl groups excluding tert-OH is 1. The van der Waals surface area contributed by atoms with Crippen LogP contribution in [-0.2, 0) is 4.79 Å². The molecule has 1 aromatic carbocycles. The highest BCUT2D eigenvalue weighted by Gasteiger charge is 2.18. The number of halogens is 1. The van der Waals surface area contributed by atoms with E-state index in [9.17, 15) is 14.3 Å². The Kier molecular flexibility index (Phi) is 3.80. The molecule has 1 aromatic rings. The van der Waals surface area contributed by atoms with Gasteiger partial charge in [-0.3, -0.25) is 4.79 Å². The maximum Gasteiger partial charge on any atom is 0.219 e. The molecule has 0 aliphatic heterocycles. The minimum Gasteiger partial charge on any atom is -0.394 e. The van der Waals surface area contributed by atoms with Gasteiger partial charge in [0.15, 0.2) is 0 Å². The zero-order valence-corrected chi connectivity index (χ0v) is 8.77. The van der Waals surface area contributed by atoms with Crippen molar-refractivity contribution in [1.82, 2.24) is 4.90 Å². The van der Waals surface area contributed by atoms with Crippen LogP contribution in [0.5, 0.6) is 0 Å². The van der Waals surface area contributed by atoms with E-state index in [1.807, 2.05) is 0 Å². The Morgan fingerprint density at radius 1 is 1.60 bits per heavy atom. The fourth-order valence-corrected chi connectivity index (χ4v) is 1.38. The molecule has 3 nitrogen and oxygen atoms in total. The number of rotatable bonds is 3. The average molecular weight is 211 g/mol. The summed E-state index contributed by atoms with van der Waals surface area (Å²) in [6.07, 6.45) is 0. The second-order valence-electron chi connectivity index (χ2n) is 3.38. The number of hydrogen-bond donors (Lipinski definition) is 1. The Balaban J connectivity index is 2.97. The number of nitrogens with zero attached hydrogens (tertiary/aromatic N) is 1. The van der Waals surface area contributed by atoms with Gasteiger partial charge in [0, 0.05) is 14.0 Å². The lowest BCUT2D eigenvalue weighted by Gasteiger charge is -2.25. The van der Waals surface area contributed by atoms with Crippen molar-refractivity contribution in [3.8, 4) is 0 Å². The Labute approximate surface area is 88.1 Å². The third-order valence-corrected chi connectivity index (χ3v) is 2.37. The standard InChI is InChI=1S/C11H14FNO2/c1-8(15)13(2)11(7-14)9-4-3-5-10(12)6-9/h3-6,11,14H,7H2,1-2H3. The molecule has 0 heterocycles. The van der Waals surface area contributed by atoms with E-state index in [0.717, 1.165) is 0 Å². The minimum absolute atomic E-state index is 0.168. The third-order valence-electron chi connectivity index (χ3n) is 2.37. The minimum atomic E-state index is -0.488. The summed E-state index contributed by atoms with van der Waals surface area (Å²) in [7, 11) is 1.58. The highest BCUT2D eigenvalue weighted by molar-refractivity contribution is 5.73. The van der Waals surface area contributed by atoms with Crippen molar-refractivity contribution >= 4 is 5.91 Å². The van der Waals surface area contributed by atoms with Crippen LogP contribution in [0.4, 0.5) is 4.39 Å². The van der Waals surface area contributed by atoms with Crippen molar-refractivity contribution < 1.29 is 14.3 Å². The van der Waals surface area contributed by atoms with Gasteiger partial charge in [0.1, 0.15) is 5.82 Å². The first-order chi connectivity index (χ1) is 7.06. The molecule has 0 aliphatic rings. The number of likely N-dealkylation sites (N-methyl/N-ethyl adjacent to an activating group) is 1. The summed E-state index contributed by atoms with van der Waals surface area (Å²) in [4.78, 5) is 12.5. The molecule has 0 fully saturated rings. The first-order valence-electron chi connectivity index (χ1n) is 4.66. The lowest BCUT2D eigenvalue weighted by atomic mass is 10.1. The van der Waals surface area contributed by atoms with E-state index in [-0.39, 0.29) is 18.3 Å². The predicted octanol–water partition coefficient (Wildman–Crippen LogP) is 1.34. The fourth-order valence-electron chi connectivity index (χ4n) is 1.38. The van der Waals surface area contributed by atoms with Crippen LogP contribution < -0.4 is 0 Å². The highest BCUT2D eigenvalue weighted by Crippen LogP contribution is 2.19. The van der Waals surface area contributed by atoms with Crippen molar-refractivity contribution in [3.05, 3.63) is 35.6 Å². The van der Waals surface area contributed by atoms with Crippen molar-refractivity contribution in [3.63, 3.8) is 0 Å². The number of benzene rings is 1. The van der Waals surface area contributed by atoms with Crippen LogP contribution in [0.15, 0.2) is 24.3 Å². The van der Waals surface area contributed by atoms with Crippen molar-refractivity contribution in [2.24, 2.45) is 0 Å². The maximum atomic E-state index is 12.9. The Morgan fingerprint density at radius 2 is 2.27 bits per heavy atom. The summed E-state index contributed by atoms with van der Waals surface area (Å²) in [6.45, 7) is 1.18. The largest absolute Gasteiger partial charge is 0.394 e. The molecule has 0 saturated carbocycles. The Hall–Kier alpha value is -1.42. The van der Waals surface area contributed by atoms with Crippen molar-refractivity contribution in [2.45, 2.75) is 13.0 Å². The molecule has 0 radical (unpaired) electrons. The molecule has 1 atom stereocenters. The topological polar surface area (TPSA) is 40.5 Å². The van der Waals surface area contributed by atoms with E-state index in [0.29, 0.717) is 5.56 Å². The van der Waals surface area contributed by atoms with Gasteiger partial charge in [0.25, 0.3) is 0 Å². The Morgan fingerprint density at radius 3 is 2.73 bits per heavy atom. The summed E-state index contributed by atoms with van der Waals surface area (Å²) in [6, 6.07) is 5.40. The van der Waals surface area contributed by atoms with Gasteiger partial charge in [-0.25, -0.2) is 4.39 Å². The molecule has 0 aliphatic carbocycles. The summed E-state index contributed by atoms with van der Waals surface area (Å²) in [5, 5.41) is 9.17. The normalized spacial score (nSPS) is 12.3. The van der Waals surface area contributed by atoms with E-state index in [1.165, 1.54) is 24.0 Å². The van der Waals surface area contributed by atoms with Gasteiger partial charge in [-0.15, -0.1) is 0 Å². The lowest BCUT2D eigenvalue weighted by Crippen LogP contribution is -2.31. The molecular weight excluding hydrogens is 197 g/mol. The number of amides is 1. The van der Waals surface area contributed by atoms with Crippen LogP contribution in [0.2, 0.25) is 0 Å². The van der Waals surface area contributed by atoms with Gasteiger partial charge < -0.3 is 10.0 Å². The zero-order valence-electron chi connectivity index (χ0n) is 8.77. The van der Waals surface area contributed by atoms with E-state index < -0.39 is 6.04 Å². The molecule has 0 bridgehead atoms. The molecule has 1 rings (SSSR count). The van der Waals surface area contributed by atoms with Gasteiger partial charge in [0.05, 0.1) is 12.6 Å². The molecule has 15 heavy (non-hydrogen) atoms. The molecule has 1 N–H and O–H groups in total. The monoisotopic (exact) mass is 211 g/mol. The number of aliphatic hydroxyl groups is 1. The van der Waals surface area contributed by atoms with Gasteiger partial charge in [-0.2, -0.15) is 0 Å². The molecule has 4 heteroatoms. The predicted molar refractivity (Wildman–Crippen MR) is 54.7 cm³/mol. The van der Waals surface area contributed by atoms with Gasteiger partial charge >= 0.3 is 0 Å². The molecule has 1 amide bonds. The summed E-state index contributed by atoms with van der Waals surface area (Å²) >= 11 is 0. The second kappa shape index (κ2) is 4.89. The number of carbonyl (C=O) groups excluding carboxylic acids is 1. The van der Waals surface area contributed by atoms with E-state index >= 15 is 0 Å². The zero-order chi connectivity index (χ0) is 11.4. The van der Waals surface area contributed by atoms with Crippen LogP contribution in [0.25, 0.3) is 0 Å². The fraction of sp³-hybridized carbons (Fsp3) is 0.364. The van der Waals surface area contributed by atoms with Crippen LogP contribution in [0.3, 0.4) is 0 Å². The highest BCUT2D eigenvalue weighted by atomic mass is 19.1. The smallest absolute Gasteiger partial charge is 0.219 e. The maximum absolute atomic E-state index is 12.9. The quantitative estimate of drug-likeness (QED) is 0.819. The number of hydrogen-bond acceptors (Lipinski definition) is 2. The van der Waals surface area contributed by atoms with E-state index in [1.54, 1.807) is 19.2 Å². The Bertz CT molecular complexity index is 354. The van der Waals surface area contributed by atoms with E-state index in [4.69, 9.17) is 0 Å². The van der Waals surface area contributed by atoms with Crippen molar-refractivity contribution in [2.75, 3.05) is 13.7 Å². The van der Waals surface area contributed by atoms with Gasteiger partial charge in [-0.1, -0.05) is 12.1 Å².